The standard InChI is InChI=1S/C18H16F3NOS2/c1-17(2,3)24-14-9-6-12-10-22-25-16(12)15(14)11-4-7-13(8-5-11)23-18(19,20)21/h4-10H,1-3H3. The summed E-state index contributed by atoms with van der Waals surface area (Å²) in [6.45, 7) is 6.37. The predicted octanol–water partition coefficient (Wildman–Crippen LogP) is 6.75. The van der Waals surface area contributed by atoms with Gasteiger partial charge in [-0.25, -0.2) is 0 Å². The third-order valence-electron chi connectivity index (χ3n) is 3.28. The Labute approximate surface area is 152 Å². The Balaban J connectivity index is 2.07. The largest absolute Gasteiger partial charge is 0.573 e. The minimum absolute atomic E-state index is 0.00640. The van der Waals surface area contributed by atoms with Crippen LogP contribution in [0.3, 0.4) is 0 Å². The number of rotatable bonds is 3. The quantitative estimate of drug-likeness (QED) is 0.467. The number of halogens is 3. The lowest BCUT2D eigenvalue weighted by Gasteiger charge is -2.20. The maximum Gasteiger partial charge on any atom is 0.573 e. The lowest BCUT2D eigenvalue weighted by molar-refractivity contribution is -0.274. The Morgan fingerprint density at radius 2 is 1.68 bits per heavy atom. The summed E-state index contributed by atoms with van der Waals surface area (Å²) < 4.78 is 46.3. The zero-order valence-corrected chi connectivity index (χ0v) is 15.5. The van der Waals surface area contributed by atoms with Crippen LogP contribution in [0.25, 0.3) is 21.2 Å². The number of aromatic nitrogens is 1. The van der Waals surface area contributed by atoms with Crippen LogP contribution in [-0.2, 0) is 0 Å². The van der Waals surface area contributed by atoms with Crippen molar-refractivity contribution in [2.75, 3.05) is 0 Å². The topological polar surface area (TPSA) is 22.1 Å². The van der Waals surface area contributed by atoms with E-state index in [0.717, 1.165) is 26.1 Å². The Morgan fingerprint density at radius 3 is 2.28 bits per heavy atom. The molecular weight excluding hydrogens is 367 g/mol. The molecule has 0 aliphatic rings. The molecule has 132 valence electrons. The lowest BCUT2D eigenvalue weighted by Crippen LogP contribution is -2.16. The Hall–Kier alpha value is -1.73. The van der Waals surface area contributed by atoms with Crippen molar-refractivity contribution in [1.82, 2.24) is 4.37 Å². The van der Waals surface area contributed by atoms with Gasteiger partial charge in [0.2, 0.25) is 0 Å². The molecule has 0 aliphatic carbocycles. The molecule has 25 heavy (non-hydrogen) atoms. The molecule has 2 aromatic carbocycles. The van der Waals surface area contributed by atoms with Gasteiger partial charge in [0.1, 0.15) is 5.75 Å². The summed E-state index contributed by atoms with van der Waals surface area (Å²) in [5.74, 6) is -0.224. The van der Waals surface area contributed by atoms with Crippen LogP contribution in [0.5, 0.6) is 5.75 Å². The molecule has 1 heterocycles. The van der Waals surface area contributed by atoms with Gasteiger partial charge in [-0.2, -0.15) is 4.37 Å². The normalized spacial score (nSPS) is 12.6. The smallest absolute Gasteiger partial charge is 0.406 e. The second kappa shape index (κ2) is 6.53. The summed E-state index contributed by atoms with van der Waals surface area (Å²) in [4.78, 5) is 1.08. The molecule has 0 unspecified atom stereocenters. The summed E-state index contributed by atoms with van der Waals surface area (Å²) in [6, 6.07) is 10.1. The molecule has 0 radical (unpaired) electrons. The van der Waals surface area contributed by atoms with E-state index in [1.807, 2.05) is 12.1 Å². The summed E-state index contributed by atoms with van der Waals surface area (Å²) in [5, 5.41) is 1.02. The molecule has 0 N–H and O–H groups in total. The number of fused-ring (bicyclic) bond motifs is 1. The number of hydrogen-bond acceptors (Lipinski definition) is 4. The average Bonchev–Trinajstić information content (AvgIpc) is 2.93. The molecule has 7 heteroatoms. The van der Waals surface area contributed by atoms with Crippen LogP contribution < -0.4 is 4.74 Å². The molecule has 0 aliphatic heterocycles. The third kappa shape index (κ3) is 4.46. The summed E-state index contributed by atoms with van der Waals surface area (Å²) in [6.07, 6.45) is -2.89. The van der Waals surface area contributed by atoms with E-state index in [2.05, 4.69) is 29.9 Å². The number of hydrogen-bond donors (Lipinski definition) is 0. The van der Waals surface area contributed by atoms with Gasteiger partial charge in [0.15, 0.2) is 0 Å². The van der Waals surface area contributed by atoms with E-state index in [1.165, 1.54) is 23.7 Å². The van der Waals surface area contributed by atoms with Crippen LogP contribution in [0.4, 0.5) is 13.2 Å². The molecule has 3 aromatic rings. The van der Waals surface area contributed by atoms with Gasteiger partial charge in [0, 0.05) is 26.8 Å². The van der Waals surface area contributed by atoms with E-state index >= 15 is 0 Å². The van der Waals surface area contributed by atoms with Gasteiger partial charge in [-0.15, -0.1) is 24.9 Å². The van der Waals surface area contributed by atoms with Crippen molar-refractivity contribution in [2.24, 2.45) is 0 Å². The first-order valence-corrected chi connectivity index (χ1v) is 9.14. The van der Waals surface area contributed by atoms with Gasteiger partial charge >= 0.3 is 6.36 Å². The first-order chi connectivity index (χ1) is 11.6. The summed E-state index contributed by atoms with van der Waals surface area (Å²) in [5.41, 5.74) is 1.84. The molecule has 0 atom stereocenters. The van der Waals surface area contributed by atoms with E-state index in [9.17, 15) is 13.2 Å². The van der Waals surface area contributed by atoms with Crippen LogP contribution in [-0.4, -0.2) is 15.5 Å². The van der Waals surface area contributed by atoms with E-state index in [4.69, 9.17) is 0 Å². The zero-order valence-electron chi connectivity index (χ0n) is 13.8. The highest BCUT2D eigenvalue weighted by Crippen LogP contribution is 2.43. The predicted molar refractivity (Wildman–Crippen MR) is 97.3 cm³/mol. The van der Waals surface area contributed by atoms with Crippen molar-refractivity contribution < 1.29 is 17.9 Å². The first kappa shape index (κ1) is 18.1. The summed E-state index contributed by atoms with van der Waals surface area (Å²) in [7, 11) is 0. The molecule has 2 nitrogen and oxygen atoms in total. The number of alkyl halides is 3. The van der Waals surface area contributed by atoms with Crippen molar-refractivity contribution >= 4 is 33.4 Å². The molecule has 0 bridgehead atoms. The maximum atomic E-state index is 12.3. The van der Waals surface area contributed by atoms with Crippen molar-refractivity contribution in [2.45, 2.75) is 36.8 Å². The van der Waals surface area contributed by atoms with Crippen LogP contribution in [0, 0.1) is 0 Å². The van der Waals surface area contributed by atoms with Crippen LogP contribution in [0.15, 0.2) is 47.5 Å². The van der Waals surface area contributed by atoms with Crippen LogP contribution in [0.1, 0.15) is 20.8 Å². The Kier molecular flexibility index (Phi) is 4.72. The van der Waals surface area contributed by atoms with E-state index in [1.54, 1.807) is 30.1 Å². The van der Waals surface area contributed by atoms with E-state index in [-0.39, 0.29) is 10.5 Å². The molecule has 3 rings (SSSR count). The number of thioether (sulfide) groups is 1. The van der Waals surface area contributed by atoms with Crippen LogP contribution in [0.2, 0.25) is 0 Å². The highest BCUT2D eigenvalue weighted by molar-refractivity contribution is 8.00. The maximum absolute atomic E-state index is 12.3. The molecule has 0 amide bonds. The van der Waals surface area contributed by atoms with Gasteiger partial charge in [-0.1, -0.05) is 39.0 Å². The second-order valence-corrected chi connectivity index (χ2v) is 9.14. The van der Waals surface area contributed by atoms with Gasteiger partial charge in [0.05, 0.1) is 4.70 Å². The first-order valence-electron chi connectivity index (χ1n) is 7.55. The fraction of sp³-hybridized carbons (Fsp3) is 0.278. The molecular formula is C18H16F3NOS2. The van der Waals surface area contributed by atoms with Crippen molar-refractivity contribution in [3.63, 3.8) is 0 Å². The SMILES string of the molecule is CC(C)(C)Sc1ccc2cnsc2c1-c1ccc(OC(F)(F)F)cc1. The molecule has 0 saturated carbocycles. The number of ether oxygens (including phenoxy) is 1. The highest BCUT2D eigenvalue weighted by Gasteiger charge is 2.31. The minimum Gasteiger partial charge on any atom is -0.406 e. The lowest BCUT2D eigenvalue weighted by atomic mass is 10.0. The van der Waals surface area contributed by atoms with Crippen molar-refractivity contribution in [3.8, 4) is 16.9 Å². The fourth-order valence-electron chi connectivity index (χ4n) is 2.43. The number of benzene rings is 2. The van der Waals surface area contributed by atoms with Crippen LogP contribution >= 0.6 is 23.3 Å². The second-order valence-electron chi connectivity index (χ2n) is 6.47. The Bertz CT molecular complexity index is 880. The monoisotopic (exact) mass is 383 g/mol. The van der Waals surface area contributed by atoms with Gasteiger partial charge < -0.3 is 4.74 Å². The average molecular weight is 383 g/mol. The van der Waals surface area contributed by atoms with E-state index < -0.39 is 6.36 Å². The highest BCUT2D eigenvalue weighted by atomic mass is 32.2. The Morgan fingerprint density at radius 1 is 1.00 bits per heavy atom. The van der Waals surface area contributed by atoms with Crippen molar-refractivity contribution in [1.29, 1.82) is 0 Å². The number of nitrogens with zero attached hydrogens (tertiary/aromatic N) is 1. The molecule has 0 saturated heterocycles. The molecule has 0 spiro atoms. The molecule has 1 aromatic heterocycles. The third-order valence-corrected chi connectivity index (χ3v) is 5.28. The summed E-state index contributed by atoms with van der Waals surface area (Å²) >= 11 is 3.11. The van der Waals surface area contributed by atoms with E-state index in [0.29, 0.717) is 0 Å². The fourth-order valence-corrected chi connectivity index (χ4v) is 4.43. The minimum atomic E-state index is -4.69. The zero-order chi connectivity index (χ0) is 18.2. The van der Waals surface area contributed by atoms with Crippen molar-refractivity contribution in [3.05, 3.63) is 42.6 Å². The van der Waals surface area contributed by atoms with Gasteiger partial charge in [0.25, 0.3) is 0 Å². The molecule has 0 fully saturated rings. The van der Waals surface area contributed by atoms with Gasteiger partial charge in [-0.05, 0) is 35.3 Å². The van der Waals surface area contributed by atoms with Gasteiger partial charge in [-0.3, -0.25) is 0 Å².